The summed E-state index contributed by atoms with van der Waals surface area (Å²) in [4.78, 5) is 6.47. The fraction of sp³-hybridized carbons (Fsp3) is 0.700. The first-order chi connectivity index (χ1) is 7.31. The largest absolute Gasteiger partial charge is 0.395 e. The van der Waals surface area contributed by atoms with Crippen LogP contribution in [0.1, 0.15) is 25.7 Å². The van der Waals surface area contributed by atoms with E-state index in [0.29, 0.717) is 17.7 Å². The molecule has 1 aromatic heterocycles. The number of thiazole rings is 1. The van der Waals surface area contributed by atoms with Crippen molar-refractivity contribution < 1.29 is 5.11 Å². The minimum atomic E-state index is 0.174. The summed E-state index contributed by atoms with van der Waals surface area (Å²) in [6.07, 6.45) is 4.98. The Morgan fingerprint density at radius 2 is 2.27 bits per heavy atom. The molecule has 1 N–H and O–H groups in total. The van der Waals surface area contributed by atoms with Gasteiger partial charge in [0, 0.05) is 18.0 Å². The number of hydrogen-bond donors (Lipinski definition) is 1. The van der Waals surface area contributed by atoms with E-state index in [-0.39, 0.29) is 6.61 Å². The molecule has 0 aromatic carbocycles. The summed E-state index contributed by atoms with van der Waals surface area (Å²) in [5.41, 5.74) is 0. The van der Waals surface area contributed by atoms with Gasteiger partial charge < -0.3 is 10.0 Å². The molecule has 3 nitrogen and oxygen atoms in total. The maximum atomic E-state index is 9.07. The van der Waals surface area contributed by atoms with Gasteiger partial charge in [-0.3, -0.25) is 0 Å². The summed E-state index contributed by atoms with van der Waals surface area (Å²) in [7, 11) is 0. The molecule has 1 heterocycles. The van der Waals surface area contributed by atoms with Crippen LogP contribution in [0.2, 0.25) is 5.15 Å². The van der Waals surface area contributed by atoms with Crippen molar-refractivity contribution >= 4 is 28.1 Å². The third-order valence-corrected chi connectivity index (χ3v) is 4.02. The van der Waals surface area contributed by atoms with E-state index >= 15 is 0 Å². The van der Waals surface area contributed by atoms with E-state index in [4.69, 9.17) is 16.7 Å². The first-order valence-corrected chi connectivity index (χ1v) is 6.55. The van der Waals surface area contributed by atoms with Crippen molar-refractivity contribution in [1.82, 2.24) is 4.98 Å². The number of halogens is 1. The molecule has 0 bridgehead atoms. The molecular formula is C10H15ClN2OS. The second-order valence-corrected chi connectivity index (χ2v) is 5.03. The summed E-state index contributed by atoms with van der Waals surface area (Å²) in [6.45, 7) is 0.836. The molecular weight excluding hydrogens is 232 g/mol. The molecule has 0 atom stereocenters. The standard InChI is InChI=1S/C10H15ClN2OS/c11-9-7-15-10(12-9)13(5-6-14)8-3-1-2-4-8/h7-8,14H,1-6H2. The maximum Gasteiger partial charge on any atom is 0.187 e. The molecule has 0 amide bonds. The SMILES string of the molecule is OCCN(c1nc(Cl)cs1)C1CCCC1. The van der Waals surface area contributed by atoms with Crippen LogP contribution in [0.15, 0.2) is 5.38 Å². The zero-order valence-electron chi connectivity index (χ0n) is 8.53. The van der Waals surface area contributed by atoms with E-state index in [9.17, 15) is 0 Å². The van der Waals surface area contributed by atoms with Gasteiger partial charge in [0.25, 0.3) is 0 Å². The molecule has 84 valence electrons. The number of anilines is 1. The van der Waals surface area contributed by atoms with Crippen molar-refractivity contribution in [2.75, 3.05) is 18.1 Å². The Morgan fingerprint density at radius 3 is 2.80 bits per heavy atom. The number of rotatable bonds is 4. The van der Waals surface area contributed by atoms with Crippen LogP contribution in [-0.4, -0.2) is 29.3 Å². The Labute approximate surface area is 98.7 Å². The molecule has 1 aliphatic rings. The van der Waals surface area contributed by atoms with E-state index in [2.05, 4.69) is 9.88 Å². The maximum absolute atomic E-state index is 9.07. The zero-order chi connectivity index (χ0) is 10.7. The summed E-state index contributed by atoms with van der Waals surface area (Å²) in [5, 5.41) is 12.4. The van der Waals surface area contributed by atoms with E-state index in [1.807, 2.05) is 5.38 Å². The quantitative estimate of drug-likeness (QED) is 0.887. The Bertz CT molecular complexity index is 312. The van der Waals surface area contributed by atoms with Gasteiger partial charge in [0.15, 0.2) is 5.13 Å². The molecule has 0 aliphatic heterocycles. The van der Waals surface area contributed by atoms with Crippen molar-refractivity contribution in [3.63, 3.8) is 0 Å². The Morgan fingerprint density at radius 1 is 1.53 bits per heavy atom. The van der Waals surface area contributed by atoms with E-state index < -0.39 is 0 Å². The molecule has 1 aromatic rings. The smallest absolute Gasteiger partial charge is 0.187 e. The van der Waals surface area contributed by atoms with E-state index in [1.165, 1.54) is 25.7 Å². The third-order valence-electron chi connectivity index (χ3n) is 2.82. The van der Waals surface area contributed by atoms with Gasteiger partial charge in [-0.15, -0.1) is 11.3 Å². The van der Waals surface area contributed by atoms with Gasteiger partial charge in [0.2, 0.25) is 0 Å². The normalized spacial score (nSPS) is 17.2. The zero-order valence-corrected chi connectivity index (χ0v) is 10.1. The van der Waals surface area contributed by atoms with E-state index in [0.717, 1.165) is 5.13 Å². The van der Waals surface area contributed by atoms with Crippen molar-refractivity contribution in [3.05, 3.63) is 10.5 Å². The highest BCUT2D eigenvalue weighted by molar-refractivity contribution is 7.14. The minimum Gasteiger partial charge on any atom is -0.395 e. The molecule has 1 aliphatic carbocycles. The van der Waals surface area contributed by atoms with Gasteiger partial charge in [-0.1, -0.05) is 24.4 Å². The van der Waals surface area contributed by atoms with Gasteiger partial charge >= 0.3 is 0 Å². The topological polar surface area (TPSA) is 36.4 Å². The van der Waals surface area contributed by atoms with Crippen molar-refractivity contribution in [2.24, 2.45) is 0 Å². The number of aliphatic hydroxyl groups is 1. The lowest BCUT2D eigenvalue weighted by Gasteiger charge is -2.27. The van der Waals surface area contributed by atoms with Gasteiger partial charge in [0.1, 0.15) is 5.15 Å². The average molecular weight is 247 g/mol. The van der Waals surface area contributed by atoms with Crippen LogP contribution in [0, 0.1) is 0 Å². The number of nitrogens with zero attached hydrogens (tertiary/aromatic N) is 2. The summed E-state index contributed by atoms with van der Waals surface area (Å²) in [5.74, 6) is 0. The van der Waals surface area contributed by atoms with Crippen LogP contribution in [0.3, 0.4) is 0 Å². The van der Waals surface area contributed by atoms with Gasteiger partial charge in [0.05, 0.1) is 6.61 Å². The number of hydrogen-bond acceptors (Lipinski definition) is 4. The molecule has 0 spiro atoms. The second kappa shape index (κ2) is 5.14. The third kappa shape index (κ3) is 2.62. The molecule has 5 heteroatoms. The fourth-order valence-corrected chi connectivity index (χ4v) is 3.18. The van der Waals surface area contributed by atoms with Gasteiger partial charge in [-0.25, -0.2) is 4.98 Å². The summed E-state index contributed by atoms with van der Waals surface area (Å²) in [6, 6.07) is 0.541. The monoisotopic (exact) mass is 246 g/mol. The molecule has 0 saturated heterocycles. The first-order valence-electron chi connectivity index (χ1n) is 5.30. The molecule has 1 saturated carbocycles. The van der Waals surface area contributed by atoms with Gasteiger partial charge in [-0.05, 0) is 12.8 Å². The Kier molecular flexibility index (Phi) is 3.83. The Balaban J connectivity index is 2.11. The van der Waals surface area contributed by atoms with Gasteiger partial charge in [-0.2, -0.15) is 0 Å². The first kappa shape index (κ1) is 11.2. The highest BCUT2D eigenvalue weighted by atomic mass is 35.5. The average Bonchev–Trinajstić information content (AvgIpc) is 2.85. The molecule has 15 heavy (non-hydrogen) atoms. The summed E-state index contributed by atoms with van der Waals surface area (Å²) >= 11 is 7.38. The fourth-order valence-electron chi connectivity index (χ4n) is 2.14. The van der Waals surface area contributed by atoms with Crippen molar-refractivity contribution in [3.8, 4) is 0 Å². The molecule has 1 fully saturated rings. The molecule has 0 radical (unpaired) electrons. The lowest BCUT2D eigenvalue weighted by molar-refractivity contribution is 0.297. The van der Waals surface area contributed by atoms with Crippen molar-refractivity contribution in [2.45, 2.75) is 31.7 Å². The predicted octanol–water partition coefficient (Wildman–Crippen LogP) is 2.54. The lowest BCUT2D eigenvalue weighted by atomic mass is 10.2. The van der Waals surface area contributed by atoms with Crippen LogP contribution < -0.4 is 4.90 Å². The van der Waals surface area contributed by atoms with Crippen LogP contribution in [0.25, 0.3) is 0 Å². The number of aromatic nitrogens is 1. The number of aliphatic hydroxyl groups excluding tert-OH is 1. The highest BCUT2D eigenvalue weighted by Gasteiger charge is 2.24. The second-order valence-electron chi connectivity index (χ2n) is 3.81. The predicted molar refractivity (Wildman–Crippen MR) is 63.8 cm³/mol. The van der Waals surface area contributed by atoms with Crippen LogP contribution in [-0.2, 0) is 0 Å². The molecule has 0 unspecified atom stereocenters. The van der Waals surface area contributed by atoms with Crippen molar-refractivity contribution in [1.29, 1.82) is 0 Å². The van der Waals surface area contributed by atoms with Crippen LogP contribution >= 0.6 is 22.9 Å². The van der Waals surface area contributed by atoms with Crippen LogP contribution in [0.5, 0.6) is 0 Å². The van der Waals surface area contributed by atoms with Crippen LogP contribution in [0.4, 0.5) is 5.13 Å². The Hall–Kier alpha value is -0.320. The summed E-state index contributed by atoms with van der Waals surface area (Å²) < 4.78 is 0. The van der Waals surface area contributed by atoms with E-state index in [1.54, 1.807) is 11.3 Å². The highest BCUT2D eigenvalue weighted by Crippen LogP contribution is 2.31. The molecule has 2 rings (SSSR count). The minimum absolute atomic E-state index is 0.174. The lowest BCUT2D eigenvalue weighted by Crippen LogP contribution is -2.35.